The van der Waals surface area contributed by atoms with Gasteiger partial charge in [0.05, 0.1) is 6.16 Å². The van der Waals surface area contributed by atoms with E-state index in [2.05, 4.69) is 19.1 Å². The van der Waals surface area contributed by atoms with Crippen molar-refractivity contribution in [2.75, 3.05) is 0 Å². The third kappa shape index (κ3) is 13.3. The smallest absolute Gasteiger partial charge is 0.324 e. The lowest BCUT2D eigenvalue weighted by molar-refractivity contribution is 0.371. The minimum atomic E-state index is -3.97. The summed E-state index contributed by atoms with van der Waals surface area (Å²) in [4.78, 5) is 17.9. The highest BCUT2D eigenvalue weighted by molar-refractivity contribution is 7.50. The number of hydrogen-bond donors (Lipinski definition) is 2. The first-order valence-corrected chi connectivity index (χ1v) is 12.1. The fraction of sp³-hybridized carbons (Fsp3) is 0.636. The molecule has 0 fully saturated rings. The van der Waals surface area contributed by atoms with Gasteiger partial charge in [0.15, 0.2) is 0 Å². The van der Waals surface area contributed by atoms with Gasteiger partial charge >= 0.3 is 7.60 Å². The molecule has 0 saturated carbocycles. The molecule has 26 heavy (non-hydrogen) atoms. The average Bonchev–Trinajstić information content (AvgIpc) is 2.59. The van der Waals surface area contributed by atoms with Crippen molar-refractivity contribution in [3.63, 3.8) is 0 Å². The quantitative estimate of drug-likeness (QED) is 0.252. The van der Waals surface area contributed by atoms with Gasteiger partial charge < -0.3 is 9.79 Å². The van der Waals surface area contributed by atoms with Gasteiger partial charge in [-0.25, -0.2) is 0 Å². The molecular weight excluding hydrogens is 343 g/mol. The van der Waals surface area contributed by atoms with E-state index in [9.17, 15) is 4.57 Å². The molecule has 0 aromatic heterocycles. The van der Waals surface area contributed by atoms with Gasteiger partial charge in [0, 0.05) is 0 Å². The predicted molar refractivity (Wildman–Crippen MR) is 112 cm³/mol. The maximum atomic E-state index is 11.0. The van der Waals surface area contributed by atoms with Crippen LogP contribution in [0.15, 0.2) is 30.3 Å². The Balaban J connectivity index is 2.01. The SMILES string of the molecule is CCCCCCCCCCCCC/C=C/c1ccc(CP(=O)(O)O)cc1. The van der Waals surface area contributed by atoms with Crippen molar-refractivity contribution in [3.8, 4) is 0 Å². The van der Waals surface area contributed by atoms with E-state index in [0.717, 1.165) is 12.0 Å². The first-order valence-electron chi connectivity index (χ1n) is 10.3. The van der Waals surface area contributed by atoms with Gasteiger partial charge in [0.25, 0.3) is 0 Å². The van der Waals surface area contributed by atoms with Crippen LogP contribution in [0.25, 0.3) is 6.08 Å². The molecular formula is C22H37O3P. The van der Waals surface area contributed by atoms with Crippen molar-refractivity contribution in [2.45, 2.75) is 90.1 Å². The molecule has 3 nitrogen and oxygen atoms in total. The number of unbranched alkanes of at least 4 members (excludes halogenated alkanes) is 11. The molecule has 0 spiro atoms. The number of rotatable bonds is 15. The van der Waals surface area contributed by atoms with Crippen LogP contribution >= 0.6 is 7.60 Å². The van der Waals surface area contributed by atoms with Gasteiger partial charge in [-0.1, -0.05) is 108 Å². The van der Waals surface area contributed by atoms with Crippen LogP contribution < -0.4 is 0 Å². The summed E-state index contributed by atoms with van der Waals surface area (Å²) in [6.45, 7) is 2.26. The minimum absolute atomic E-state index is 0.185. The lowest BCUT2D eigenvalue weighted by atomic mass is 10.0. The summed E-state index contributed by atoms with van der Waals surface area (Å²) in [5, 5.41) is 0. The van der Waals surface area contributed by atoms with Crippen molar-refractivity contribution in [1.82, 2.24) is 0 Å². The average molecular weight is 381 g/mol. The zero-order valence-electron chi connectivity index (χ0n) is 16.4. The maximum Gasteiger partial charge on any atom is 0.329 e. The van der Waals surface area contributed by atoms with Gasteiger partial charge in [-0.3, -0.25) is 4.57 Å². The highest BCUT2D eigenvalue weighted by Gasteiger charge is 2.13. The monoisotopic (exact) mass is 380 g/mol. The molecule has 0 atom stereocenters. The van der Waals surface area contributed by atoms with Gasteiger partial charge in [-0.2, -0.15) is 0 Å². The van der Waals surface area contributed by atoms with E-state index in [1.54, 1.807) is 12.1 Å². The molecule has 1 rings (SSSR count). The van der Waals surface area contributed by atoms with Crippen molar-refractivity contribution < 1.29 is 14.4 Å². The van der Waals surface area contributed by atoms with Crippen LogP contribution in [0, 0.1) is 0 Å². The van der Waals surface area contributed by atoms with Gasteiger partial charge in [-0.05, 0) is 24.0 Å². The molecule has 1 aromatic rings. The Labute approximate surface area is 160 Å². The molecule has 4 heteroatoms. The Morgan fingerprint density at radius 3 is 1.81 bits per heavy atom. The molecule has 2 N–H and O–H groups in total. The van der Waals surface area contributed by atoms with Crippen LogP contribution in [0.3, 0.4) is 0 Å². The van der Waals surface area contributed by atoms with E-state index in [4.69, 9.17) is 9.79 Å². The summed E-state index contributed by atoms with van der Waals surface area (Å²) < 4.78 is 11.0. The van der Waals surface area contributed by atoms with Crippen molar-refractivity contribution in [1.29, 1.82) is 0 Å². The molecule has 0 saturated heterocycles. The van der Waals surface area contributed by atoms with Crippen molar-refractivity contribution >= 4 is 13.7 Å². The van der Waals surface area contributed by atoms with Crippen LogP contribution in [0.5, 0.6) is 0 Å². The van der Waals surface area contributed by atoms with Crippen LogP contribution in [-0.2, 0) is 10.7 Å². The first kappa shape index (κ1) is 23.1. The molecule has 0 bridgehead atoms. The fourth-order valence-electron chi connectivity index (χ4n) is 3.12. The molecule has 0 heterocycles. The van der Waals surface area contributed by atoms with Crippen molar-refractivity contribution in [2.24, 2.45) is 0 Å². The topological polar surface area (TPSA) is 57.5 Å². The maximum absolute atomic E-state index is 11.0. The standard InChI is InChI=1S/C22H37O3P/c1-2-3-4-5-6-7-8-9-10-11-12-13-14-15-21-16-18-22(19-17-21)20-26(23,24)25/h14-19H,2-13,20H2,1H3,(H2,23,24,25)/b15-14+. The van der Waals surface area contributed by atoms with Crippen LogP contribution in [0.2, 0.25) is 0 Å². The van der Waals surface area contributed by atoms with Gasteiger partial charge in [0.2, 0.25) is 0 Å². The Hall–Kier alpha value is -0.890. The Morgan fingerprint density at radius 2 is 1.31 bits per heavy atom. The summed E-state index contributed by atoms with van der Waals surface area (Å²) in [6, 6.07) is 7.42. The predicted octanol–water partition coefficient (Wildman–Crippen LogP) is 7.08. The lowest BCUT2D eigenvalue weighted by Crippen LogP contribution is -1.86. The fourth-order valence-corrected chi connectivity index (χ4v) is 3.80. The minimum Gasteiger partial charge on any atom is -0.324 e. The Bertz CT molecular complexity index is 531. The largest absolute Gasteiger partial charge is 0.329 e. The zero-order chi connectivity index (χ0) is 19.1. The summed E-state index contributed by atoms with van der Waals surface area (Å²) in [5.41, 5.74) is 1.77. The van der Waals surface area contributed by atoms with Crippen LogP contribution in [-0.4, -0.2) is 9.79 Å². The van der Waals surface area contributed by atoms with Gasteiger partial charge in [0.1, 0.15) is 0 Å². The molecule has 0 aliphatic carbocycles. The highest BCUT2D eigenvalue weighted by atomic mass is 31.2. The number of hydrogen-bond acceptors (Lipinski definition) is 1. The number of benzene rings is 1. The summed E-state index contributed by atoms with van der Waals surface area (Å²) >= 11 is 0. The third-order valence-corrected chi connectivity index (χ3v) is 5.43. The van der Waals surface area contributed by atoms with E-state index >= 15 is 0 Å². The van der Waals surface area contributed by atoms with Crippen LogP contribution in [0.4, 0.5) is 0 Å². The Morgan fingerprint density at radius 1 is 0.808 bits per heavy atom. The van der Waals surface area contributed by atoms with Crippen LogP contribution in [0.1, 0.15) is 95.1 Å². The van der Waals surface area contributed by atoms with E-state index < -0.39 is 7.60 Å². The zero-order valence-corrected chi connectivity index (χ0v) is 17.3. The molecule has 0 unspecified atom stereocenters. The second-order valence-electron chi connectivity index (χ2n) is 7.29. The summed E-state index contributed by atoms with van der Waals surface area (Å²) in [7, 11) is -3.97. The third-order valence-electron chi connectivity index (χ3n) is 4.65. The molecule has 0 aliphatic heterocycles. The summed E-state index contributed by atoms with van der Waals surface area (Å²) in [5.74, 6) is 0. The second-order valence-corrected chi connectivity index (χ2v) is 8.94. The second kappa shape index (κ2) is 14.2. The van der Waals surface area contributed by atoms with Crippen molar-refractivity contribution in [3.05, 3.63) is 41.5 Å². The Kier molecular flexibility index (Phi) is 12.6. The van der Waals surface area contributed by atoms with E-state index in [0.29, 0.717) is 5.56 Å². The highest BCUT2D eigenvalue weighted by Crippen LogP contribution is 2.38. The molecule has 0 amide bonds. The van der Waals surface area contributed by atoms with E-state index in [1.165, 1.54) is 70.6 Å². The lowest BCUT2D eigenvalue weighted by Gasteiger charge is -2.04. The normalized spacial score (nSPS) is 12.1. The molecule has 0 radical (unpaired) electrons. The number of allylic oxidation sites excluding steroid dienone is 1. The van der Waals surface area contributed by atoms with E-state index in [-0.39, 0.29) is 6.16 Å². The molecule has 1 aromatic carbocycles. The molecule has 148 valence electrons. The molecule has 0 aliphatic rings. The first-order chi connectivity index (χ1) is 12.5. The summed E-state index contributed by atoms with van der Waals surface area (Å²) in [6.07, 6.45) is 20.2. The van der Waals surface area contributed by atoms with E-state index in [1.807, 2.05) is 12.1 Å². The van der Waals surface area contributed by atoms with Gasteiger partial charge in [-0.15, -0.1) is 0 Å².